The Labute approximate surface area is 65.6 Å². The summed E-state index contributed by atoms with van der Waals surface area (Å²) in [4.78, 5) is 4.14. The number of nitrogens with zero attached hydrogens (tertiary/aromatic N) is 1. The molecule has 4 heteroatoms. The van der Waals surface area contributed by atoms with Crippen LogP contribution in [0, 0.1) is 0 Å². The standard InChI is InChI=1S/C7H12N2O2/c1-8-3-6-4-11-7(9-6)5-10-2/h4,8H,3,5H2,1-2H3. The van der Waals surface area contributed by atoms with Crippen LogP contribution < -0.4 is 5.32 Å². The lowest BCUT2D eigenvalue weighted by Gasteiger charge is -1.90. The minimum Gasteiger partial charge on any atom is -0.446 e. The second kappa shape index (κ2) is 4.10. The third kappa shape index (κ3) is 2.32. The smallest absolute Gasteiger partial charge is 0.220 e. The van der Waals surface area contributed by atoms with Crippen molar-refractivity contribution in [2.24, 2.45) is 0 Å². The summed E-state index contributed by atoms with van der Waals surface area (Å²) in [6.07, 6.45) is 1.63. The molecular formula is C7H12N2O2. The predicted molar refractivity (Wildman–Crippen MR) is 40.0 cm³/mol. The average molecular weight is 156 g/mol. The third-order valence-corrected chi connectivity index (χ3v) is 1.23. The number of methoxy groups -OCH3 is 1. The Hall–Kier alpha value is -0.870. The van der Waals surface area contributed by atoms with Crippen LogP contribution in [0.3, 0.4) is 0 Å². The number of hydrogen-bond donors (Lipinski definition) is 1. The van der Waals surface area contributed by atoms with Crippen molar-refractivity contribution in [1.82, 2.24) is 10.3 Å². The maximum absolute atomic E-state index is 5.08. The highest BCUT2D eigenvalue weighted by molar-refractivity contribution is 4.94. The first-order chi connectivity index (χ1) is 5.36. The molecule has 62 valence electrons. The topological polar surface area (TPSA) is 47.3 Å². The largest absolute Gasteiger partial charge is 0.446 e. The number of ether oxygens (including phenoxy) is 1. The van der Waals surface area contributed by atoms with Crippen LogP contribution in [0.15, 0.2) is 10.7 Å². The van der Waals surface area contributed by atoms with Gasteiger partial charge < -0.3 is 14.5 Å². The number of rotatable bonds is 4. The molecule has 0 unspecified atom stereocenters. The van der Waals surface area contributed by atoms with Gasteiger partial charge in [0.15, 0.2) is 0 Å². The van der Waals surface area contributed by atoms with E-state index < -0.39 is 0 Å². The van der Waals surface area contributed by atoms with E-state index in [1.165, 1.54) is 0 Å². The van der Waals surface area contributed by atoms with Gasteiger partial charge in [-0.1, -0.05) is 0 Å². The summed E-state index contributed by atoms with van der Waals surface area (Å²) in [5.74, 6) is 0.623. The molecule has 0 amide bonds. The molecule has 0 saturated heterocycles. The summed E-state index contributed by atoms with van der Waals surface area (Å²) < 4.78 is 9.92. The van der Waals surface area contributed by atoms with Gasteiger partial charge in [-0.3, -0.25) is 0 Å². The van der Waals surface area contributed by atoms with E-state index in [9.17, 15) is 0 Å². The summed E-state index contributed by atoms with van der Waals surface area (Å²) in [5.41, 5.74) is 0.902. The lowest BCUT2D eigenvalue weighted by molar-refractivity contribution is 0.159. The van der Waals surface area contributed by atoms with E-state index in [1.807, 2.05) is 7.05 Å². The second-order valence-corrected chi connectivity index (χ2v) is 2.20. The van der Waals surface area contributed by atoms with Crippen molar-refractivity contribution in [3.05, 3.63) is 17.8 Å². The molecule has 11 heavy (non-hydrogen) atoms. The maximum Gasteiger partial charge on any atom is 0.220 e. The van der Waals surface area contributed by atoms with Crippen LogP contribution in [0.2, 0.25) is 0 Å². The Morgan fingerprint density at radius 2 is 2.55 bits per heavy atom. The highest BCUT2D eigenvalue weighted by atomic mass is 16.5. The van der Waals surface area contributed by atoms with Gasteiger partial charge in [0.2, 0.25) is 5.89 Å². The highest BCUT2D eigenvalue weighted by Crippen LogP contribution is 2.01. The predicted octanol–water partition coefficient (Wildman–Crippen LogP) is 0.540. The summed E-state index contributed by atoms with van der Waals surface area (Å²) in [5, 5.41) is 2.98. The number of hydrogen-bond acceptors (Lipinski definition) is 4. The van der Waals surface area contributed by atoms with Gasteiger partial charge in [-0.05, 0) is 7.05 Å². The lowest BCUT2D eigenvalue weighted by Crippen LogP contribution is -2.05. The molecule has 0 aromatic carbocycles. The van der Waals surface area contributed by atoms with Crippen molar-refractivity contribution < 1.29 is 9.15 Å². The van der Waals surface area contributed by atoms with Crippen LogP contribution in [-0.4, -0.2) is 19.1 Å². The van der Waals surface area contributed by atoms with E-state index in [4.69, 9.17) is 9.15 Å². The van der Waals surface area contributed by atoms with E-state index >= 15 is 0 Å². The van der Waals surface area contributed by atoms with Crippen LogP contribution in [0.4, 0.5) is 0 Å². The minimum absolute atomic E-state index is 0.434. The second-order valence-electron chi connectivity index (χ2n) is 2.20. The molecule has 0 radical (unpaired) electrons. The maximum atomic E-state index is 5.08. The van der Waals surface area contributed by atoms with Gasteiger partial charge in [-0.15, -0.1) is 0 Å². The summed E-state index contributed by atoms with van der Waals surface area (Å²) in [6, 6.07) is 0. The van der Waals surface area contributed by atoms with Gasteiger partial charge >= 0.3 is 0 Å². The monoisotopic (exact) mass is 156 g/mol. The molecular weight excluding hydrogens is 144 g/mol. The molecule has 1 aromatic rings. The van der Waals surface area contributed by atoms with E-state index in [0.717, 1.165) is 12.2 Å². The molecule has 4 nitrogen and oxygen atoms in total. The molecule has 0 spiro atoms. The Bertz CT molecular complexity index is 189. The lowest BCUT2D eigenvalue weighted by atomic mass is 10.5. The van der Waals surface area contributed by atoms with Crippen molar-refractivity contribution in [3.8, 4) is 0 Å². The highest BCUT2D eigenvalue weighted by Gasteiger charge is 2.00. The summed E-state index contributed by atoms with van der Waals surface area (Å²) in [7, 11) is 3.48. The fourth-order valence-electron chi connectivity index (χ4n) is 0.801. The number of oxazole rings is 1. The molecule has 0 fully saturated rings. The zero-order valence-electron chi connectivity index (χ0n) is 6.76. The Kier molecular flexibility index (Phi) is 3.07. The van der Waals surface area contributed by atoms with Gasteiger partial charge in [0.05, 0.1) is 5.69 Å². The van der Waals surface area contributed by atoms with Crippen molar-refractivity contribution in [2.75, 3.05) is 14.2 Å². The number of nitrogens with one attached hydrogen (secondary N) is 1. The molecule has 0 saturated carbocycles. The van der Waals surface area contributed by atoms with Gasteiger partial charge in [-0.25, -0.2) is 4.98 Å². The fourth-order valence-corrected chi connectivity index (χ4v) is 0.801. The molecule has 1 aromatic heterocycles. The molecule has 0 aliphatic carbocycles. The van der Waals surface area contributed by atoms with E-state index in [1.54, 1.807) is 13.4 Å². The third-order valence-electron chi connectivity index (χ3n) is 1.23. The quantitative estimate of drug-likeness (QED) is 0.691. The van der Waals surface area contributed by atoms with Gasteiger partial charge in [0.1, 0.15) is 12.9 Å². The SMILES string of the molecule is CNCc1coc(COC)n1. The average Bonchev–Trinajstić information content (AvgIpc) is 2.38. The van der Waals surface area contributed by atoms with Crippen molar-refractivity contribution in [2.45, 2.75) is 13.2 Å². The minimum atomic E-state index is 0.434. The van der Waals surface area contributed by atoms with Crippen molar-refractivity contribution in [1.29, 1.82) is 0 Å². The molecule has 0 atom stereocenters. The molecule has 1 rings (SSSR count). The van der Waals surface area contributed by atoms with Crippen molar-refractivity contribution >= 4 is 0 Å². The molecule has 1 N–H and O–H groups in total. The van der Waals surface area contributed by atoms with E-state index in [-0.39, 0.29) is 0 Å². The summed E-state index contributed by atoms with van der Waals surface area (Å²) >= 11 is 0. The fraction of sp³-hybridized carbons (Fsp3) is 0.571. The van der Waals surface area contributed by atoms with E-state index in [2.05, 4.69) is 10.3 Å². The Morgan fingerprint density at radius 3 is 3.18 bits per heavy atom. The summed E-state index contributed by atoms with van der Waals surface area (Å²) in [6.45, 7) is 1.16. The molecule has 0 bridgehead atoms. The van der Waals surface area contributed by atoms with Crippen LogP contribution in [0.5, 0.6) is 0 Å². The zero-order valence-corrected chi connectivity index (χ0v) is 6.76. The van der Waals surface area contributed by atoms with Gasteiger partial charge in [0, 0.05) is 13.7 Å². The molecule has 0 aliphatic heterocycles. The number of aromatic nitrogens is 1. The van der Waals surface area contributed by atoms with Crippen molar-refractivity contribution in [3.63, 3.8) is 0 Å². The Morgan fingerprint density at radius 1 is 1.73 bits per heavy atom. The van der Waals surface area contributed by atoms with Crippen LogP contribution >= 0.6 is 0 Å². The Balaban J connectivity index is 2.51. The first-order valence-electron chi connectivity index (χ1n) is 3.43. The first-order valence-corrected chi connectivity index (χ1v) is 3.43. The van der Waals surface area contributed by atoms with Gasteiger partial charge in [-0.2, -0.15) is 0 Å². The molecule has 1 heterocycles. The van der Waals surface area contributed by atoms with Crippen LogP contribution in [-0.2, 0) is 17.9 Å². The molecule has 0 aliphatic rings. The zero-order chi connectivity index (χ0) is 8.10. The van der Waals surface area contributed by atoms with Crippen LogP contribution in [0.1, 0.15) is 11.6 Å². The van der Waals surface area contributed by atoms with Crippen LogP contribution in [0.25, 0.3) is 0 Å². The normalized spacial score (nSPS) is 10.4. The first kappa shape index (κ1) is 8.23. The van der Waals surface area contributed by atoms with E-state index in [0.29, 0.717) is 12.5 Å². The van der Waals surface area contributed by atoms with Gasteiger partial charge in [0.25, 0.3) is 0 Å².